The van der Waals surface area contributed by atoms with Gasteiger partial charge in [-0.05, 0) is 45.8 Å². The quantitative estimate of drug-likeness (QED) is 0.830. The molecule has 0 radical (unpaired) electrons. The normalized spacial score (nSPS) is 13.2. The first kappa shape index (κ1) is 11.2. The highest BCUT2D eigenvalue weighted by Crippen LogP contribution is 2.26. The average Bonchev–Trinajstić information content (AvgIpc) is 2.52. The topological polar surface area (TPSA) is 35.2 Å². The second kappa shape index (κ2) is 5.75. The monoisotopic (exact) mass is 263 g/mol. The Kier molecular flexibility index (Phi) is 4.94. The van der Waals surface area contributed by atoms with E-state index in [0.717, 1.165) is 23.2 Å². The second-order valence-electron chi connectivity index (χ2n) is 2.93. The molecule has 13 heavy (non-hydrogen) atoms. The average molecular weight is 264 g/mol. The van der Waals surface area contributed by atoms with Crippen molar-refractivity contribution in [3.8, 4) is 0 Å². The Balaban J connectivity index is 2.35. The molecular formula is C9H14BrNOS. The largest absolute Gasteiger partial charge is 0.385 e. The first-order valence-corrected chi connectivity index (χ1v) is 5.89. The fourth-order valence-corrected chi connectivity index (χ4v) is 2.37. The molecule has 1 heterocycles. The molecule has 1 atom stereocenters. The van der Waals surface area contributed by atoms with E-state index in [9.17, 15) is 0 Å². The Hall–Kier alpha value is 0.100. The van der Waals surface area contributed by atoms with Gasteiger partial charge in [-0.25, -0.2) is 0 Å². The van der Waals surface area contributed by atoms with Crippen LogP contribution in [0.2, 0.25) is 0 Å². The maximum atomic E-state index is 5.98. The van der Waals surface area contributed by atoms with E-state index >= 15 is 0 Å². The predicted molar refractivity (Wildman–Crippen MR) is 60.1 cm³/mol. The van der Waals surface area contributed by atoms with Crippen molar-refractivity contribution >= 4 is 27.3 Å². The van der Waals surface area contributed by atoms with Crippen LogP contribution in [-0.2, 0) is 4.74 Å². The summed E-state index contributed by atoms with van der Waals surface area (Å²) in [5.41, 5.74) is 7.20. The van der Waals surface area contributed by atoms with Crippen LogP contribution in [0.3, 0.4) is 0 Å². The number of halogens is 1. The van der Waals surface area contributed by atoms with Crippen molar-refractivity contribution in [3.05, 3.63) is 20.8 Å². The molecule has 0 aliphatic carbocycles. The van der Waals surface area contributed by atoms with Crippen LogP contribution >= 0.6 is 27.3 Å². The summed E-state index contributed by atoms with van der Waals surface area (Å²) in [6.45, 7) is 0.791. The maximum absolute atomic E-state index is 5.98. The van der Waals surface area contributed by atoms with E-state index in [1.165, 1.54) is 5.56 Å². The van der Waals surface area contributed by atoms with Gasteiger partial charge >= 0.3 is 0 Å². The van der Waals surface area contributed by atoms with Crippen molar-refractivity contribution < 1.29 is 4.74 Å². The molecule has 0 aliphatic heterocycles. The Morgan fingerprint density at radius 3 is 3.00 bits per heavy atom. The summed E-state index contributed by atoms with van der Waals surface area (Å²) in [5.74, 6) is 0. The zero-order valence-corrected chi connectivity index (χ0v) is 10.0. The van der Waals surface area contributed by atoms with Gasteiger partial charge in [0, 0.05) is 19.8 Å². The molecule has 1 aromatic rings. The fourth-order valence-electron chi connectivity index (χ4n) is 1.13. The number of methoxy groups -OCH3 is 1. The van der Waals surface area contributed by atoms with E-state index in [0.29, 0.717) is 0 Å². The minimum absolute atomic E-state index is 0.151. The molecule has 1 rings (SSSR count). The SMILES string of the molecule is COCCCC(N)c1csc(Br)c1. The summed E-state index contributed by atoms with van der Waals surface area (Å²) in [6.07, 6.45) is 2.00. The van der Waals surface area contributed by atoms with E-state index < -0.39 is 0 Å². The first-order valence-electron chi connectivity index (χ1n) is 4.22. The molecule has 4 heteroatoms. The van der Waals surface area contributed by atoms with Crippen molar-refractivity contribution in [1.82, 2.24) is 0 Å². The van der Waals surface area contributed by atoms with Crippen LogP contribution in [0, 0.1) is 0 Å². The highest BCUT2D eigenvalue weighted by molar-refractivity contribution is 9.11. The van der Waals surface area contributed by atoms with Crippen molar-refractivity contribution in [2.45, 2.75) is 18.9 Å². The minimum Gasteiger partial charge on any atom is -0.385 e. The van der Waals surface area contributed by atoms with E-state index in [1.807, 2.05) is 0 Å². The molecule has 2 N–H and O–H groups in total. The number of thiophene rings is 1. The van der Waals surface area contributed by atoms with Crippen molar-refractivity contribution in [3.63, 3.8) is 0 Å². The number of hydrogen-bond donors (Lipinski definition) is 1. The van der Waals surface area contributed by atoms with Gasteiger partial charge in [0.25, 0.3) is 0 Å². The van der Waals surface area contributed by atoms with Gasteiger partial charge < -0.3 is 10.5 Å². The van der Waals surface area contributed by atoms with Gasteiger partial charge in [0.2, 0.25) is 0 Å². The van der Waals surface area contributed by atoms with Crippen LogP contribution in [0.25, 0.3) is 0 Å². The van der Waals surface area contributed by atoms with Crippen molar-refractivity contribution in [2.75, 3.05) is 13.7 Å². The zero-order chi connectivity index (χ0) is 9.68. The number of rotatable bonds is 5. The molecule has 0 bridgehead atoms. The van der Waals surface area contributed by atoms with Gasteiger partial charge in [0.15, 0.2) is 0 Å². The molecule has 0 fully saturated rings. The standard InChI is InChI=1S/C9H14BrNOS/c1-12-4-2-3-8(11)7-5-9(10)13-6-7/h5-6,8H,2-4,11H2,1H3. The van der Waals surface area contributed by atoms with Crippen LogP contribution < -0.4 is 5.73 Å². The van der Waals surface area contributed by atoms with E-state index in [2.05, 4.69) is 27.4 Å². The van der Waals surface area contributed by atoms with Crippen LogP contribution in [0.5, 0.6) is 0 Å². The summed E-state index contributed by atoms with van der Waals surface area (Å²) < 4.78 is 6.11. The highest BCUT2D eigenvalue weighted by atomic mass is 79.9. The second-order valence-corrected chi connectivity index (χ2v) is 5.22. The Morgan fingerprint density at radius 1 is 1.69 bits per heavy atom. The molecule has 0 amide bonds. The lowest BCUT2D eigenvalue weighted by Crippen LogP contribution is -2.09. The van der Waals surface area contributed by atoms with Crippen LogP contribution in [0.4, 0.5) is 0 Å². The summed E-state index contributed by atoms with van der Waals surface area (Å²) >= 11 is 5.10. The third kappa shape index (κ3) is 3.77. The summed E-state index contributed by atoms with van der Waals surface area (Å²) in [6, 6.07) is 2.24. The van der Waals surface area contributed by atoms with Gasteiger partial charge in [-0.15, -0.1) is 11.3 Å². The van der Waals surface area contributed by atoms with Gasteiger partial charge in [-0.2, -0.15) is 0 Å². The number of hydrogen-bond acceptors (Lipinski definition) is 3. The molecular weight excluding hydrogens is 250 g/mol. The Bertz CT molecular complexity index is 252. The fraction of sp³-hybridized carbons (Fsp3) is 0.556. The Labute approximate surface area is 91.2 Å². The van der Waals surface area contributed by atoms with Gasteiger partial charge in [-0.1, -0.05) is 0 Å². The summed E-state index contributed by atoms with van der Waals surface area (Å²) in [5, 5.41) is 2.10. The molecule has 2 nitrogen and oxygen atoms in total. The molecule has 1 unspecified atom stereocenters. The van der Waals surface area contributed by atoms with Crippen LogP contribution in [-0.4, -0.2) is 13.7 Å². The van der Waals surface area contributed by atoms with Crippen LogP contribution in [0.1, 0.15) is 24.4 Å². The third-order valence-corrected chi connectivity index (χ3v) is 3.40. The van der Waals surface area contributed by atoms with Crippen molar-refractivity contribution in [2.24, 2.45) is 5.73 Å². The molecule has 0 saturated heterocycles. The van der Waals surface area contributed by atoms with Gasteiger partial charge in [-0.3, -0.25) is 0 Å². The molecule has 74 valence electrons. The van der Waals surface area contributed by atoms with Gasteiger partial charge in [0.1, 0.15) is 0 Å². The minimum atomic E-state index is 0.151. The molecule has 0 saturated carbocycles. The lowest BCUT2D eigenvalue weighted by atomic mass is 10.1. The molecule has 1 aromatic heterocycles. The molecule has 0 aliphatic rings. The molecule has 0 aromatic carbocycles. The van der Waals surface area contributed by atoms with Gasteiger partial charge in [0.05, 0.1) is 3.79 Å². The number of nitrogens with two attached hydrogens (primary N) is 1. The number of ether oxygens (including phenoxy) is 1. The Morgan fingerprint density at radius 2 is 2.46 bits per heavy atom. The maximum Gasteiger partial charge on any atom is 0.0701 e. The van der Waals surface area contributed by atoms with E-state index in [-0.39, 0.29) is 6.04 Å². The van der Waals surface area contributed by atoms with E-state index in [4.69, 9.17) is 10.5 Å². The third-order valence-electron chi connectivity index (χ3n) is 1.88. The first-order chi connectivity index (χ1) is 6.24. The molecule has 0 spiro atoms. The lowest BCUT2D eigenvalue weighted by Gasteiger charge is -2.08. The summed E-state index contributed by atoms with van der Waals surface area (Å²) in [7, 11) is 1.71. The smallest absolute Gasteiger partial charge is 0.0701 e. The summed E-state index contributed by atoms with van der Waals surface area (Å²) in [4.78, 5) is 0. The van der Waals surface area contributed by atoms with Crippen molar-refractivity contribution in [1.29, 1.82) is 0 Å². The van der Waals surface area contributed by atoms with E-state index in [1.54, 1.807) is 18.4 Å². The highest BCUT2D eigenvalue weighted by Gasteiger charge is 2.07. The van der Waals surface area contributed by atoms with Crippen LogP contribution in [0.15, 0.2) is 15.2 Å². The lowest BCUT2D eigenvalue weighted by molar-refractivity contribution is 0.190. The predicted octanol–water partition coefficient (Wildman–Crippen LogP) is 2.94. The zero-order valence-electron chi connectivity index (χ0n) is 7.63.